The summed E-state index contributed by atoms with van der Waals surface area (Å²) in [5, 5.41) is 6.94. The van der Waals surface area contributed by atoms with Gasteiger partial charge in [-0.05, 0) is 54.8 Å². The zero-order chi connectivity index (χ0) is 21.6. The summed E-state index contributed by atoms with van der Waals surface area (Å²) in [7, 11) is -3.52. The van der Waals surface area contributed by atoms with E-state index >= 15 is 0 Å². The van der Waals surface area contributed by atoms with E-state index in [0.29, 0.717) is 22.9 Å². The third-order valence-corrected chi connectivity index (χ3v) is 8.55. The number of rotatable bonds is 7. The predicted molar refractivity (Wildman–Crippen MR) is 118 cm³/mol. The number of amides is 2. The summed E-state index contributed by atoms with van der Waals surface area (Å²) in [6.07, 6.45) is 3.89. The minimum absolute atomic E-state index is 0.184. The highest BCUT2D eigenvalue weighted by atomic mass is 32.2. The van der Waals surface area contributed by atoms with Crippen LogP contribution in [0.4, 0.5) is 5.69 Å². The van der Waals surface area contributed by atoms with Gasteiger partial charge in [-0.3, -0.25) is 9.59 Å². The average molecular weight is 450 g/mol. The molecule has 2 aromatic rings. The van der Waals surface area contributed by atoms with E-state index in [1.54, 1.807) is 34.0 Å². The Bertz CT molecular complexity index is 957. The number of hydrogen-bond donors (Lipinski definition) is 2. The lowest BCUT2D eigenvalue weighted by molar-refractivity contribution is -0.136. The molecule has 1 aliphatic rings. The maximum atomic E-state index is 12.9. The molecule has 1 atom stereocenters. The molecule has 2 N–H and O–H groups in total. The molecular weight excluding hydrogens is 422 g/mol. The molecule has 1 aromatic heterocycles. The summed E-state index contributed by atoms with van der Waals surface area (Å²) in [4.78, 5) is 24.2. The first-order valence-electron chi connectivity index (χ1n) is 10.1. The van der Waals surface area contributed by atoms with E-state index in [4.69, 9.17) is 0 Å². The molecule has 2 heterocycles. The number of carbonyl (C=O) groups is 2. The Kier molecular flexibility index (Phi) is 7.63. The van der Waals surface area contributed by atoms with Gasteiger partial charge in [-0.15, -0.1) is 11.3 Å². The number of anilines is 1. The van der Waals surface area contributed by atoms with Gasteiger partial charge in [0, 0.05) is 24.8 Å². The molecule has 2 amide bonds. The van der Waals surface area contributed by atoms with Crippen molar-refractivity contribution in [2.45, 2.75) is 49.3 Å². The molecule has 9 heteroatoms. The minimum Gasteiger partial charge on any atom is -0.348 e. The SMILES string of the molecule is CCc1ccc(NC(=O)C(=O)NCC[C@@H]2CCCCN2S(=O)(=O)c2cccs2)cc1. The quantitative estimate of drug-likeness (QED) is 0.635. The number of nitrogens with one attached hydrogen (secondary N) is 2. The largest absolute Gasteiger partial charge is 0.348 e. The molecule has 1 aliphatic heterocycles. The fourth-order valence-electron chi connectivity index (χ4n) is 3.55. The highest BCUT2D eigenvalue weighted by molar-refractivity contribution is 7.91. The summed E-state index contributed by atoms with van der Waals surface area (Å²) in [6.45, 7) is 2.76. The molecule has 0 radical (unpaired) electrons. The van der Waals surface area contributed by atoms with Crippen molar-refractivity contribution in [3.05, 3.63) is 47.3 Å². The molecular formula is C21H27N3O4S2. The highest BCUT2D eigenvalue weighted by Gasteiger charge is 2.33. The van der Waals surface area contributed by atoms with Crippen LogP contribution in [0.1, 0.15) is 38.2 Å². The zero-order valence-corrected chi connectivity index (χ0v) is 18.6. The Morgan fingerprint density at radius 1 is 1.13 bits per heavy atom. The van der Waals surface area contributed by atoms with Crippen molar-refractivity contribution in [2.24, 2.45) is 0 Å². The number of nitrogens with zero attached hydrogens (tertiary/aromatic N) is 1. The van der Waals surface area contributed by atoms with Gasteiger partial charge in [0.1, 0.15) is 4.21 Å². The molecule has 30 heavy (non-hydrogen) atoms. The van der Waals surface area contributed by atoms with Crippen molar-refractivity contribution >= 4 is 38.9 Å². The molecule has 3 rings (SSSR count). The fraction of sp³-hybridized carbons (Fsp3) is 0.429. The first-order chi connectivity index (χ1) is 14.4. The third-order valence-electron chi connectivity index (χ3n) is 5.22. The molecule has 0 bridgehead atoms. The minimum atomic E-state index is -3.52. The number of hydrogen-bond acceptors (Lipinski definition) is 5. The molecule has 0 aliphatic carbocycles. The molecule has 0 spiro atoms. The average Bonchev–Trinajstić information content (AvgIpc) is 3.30. The van der Waals surface area contributed by atoms with Crippen molar-refractivity contribution in [1.82, 2.24) is 9.62 Å². The van der Waals surface area contributed by atoms with Crippen molar-refractivity contribution in [2.75, 3.05) is 18.4 Å². The molecule has 1 aromatic carbocycles. The van der Waals surface area contributed by atoms with Gasteiger partial charge in [-0.25, -0.2) is 8.42 Å². The second-order valence-corrected chi connectivity index (χ2v) is 10.3. The lowest BCUT2D eigenvalue weighted by Crippen LogP contribution is -2.45. The van der Waals surface area contributed by atoms with E-state index in [-0.39, 0.29) is 12.6 Å². The monoisotopic (exact) mass is 449 g/mol. The molecule has 0 saturated carbocycles. The van der Waals surface area contributed by atoms with E-state index < -0.39 is 21.8 Å². The standard InChI is InChI=1S/C21H27N3O4S2/c1-2-16-8-10-17(11-9-16)23-21(26)20(25)22-13-12-18-6-3-4-14-24(18)30(27,28)19-7-5-15-29-19/h5,7-11,15,18H,2-4,6,12-14H2,1H3,(H,22,25)(H,23,26)/t18-/m0/s1. The van der Waals surface area contributed by atoms with Crippen molar-refractivity contribution in [3.8, 4) is 0 Å². The van der Waals surface area contributed by atoms with Crippen LogP contribution in [-0.4, -0.2) is 43.7 Å². The lowest BCUT2D eigenvalue weighted by atomic mass is 10.0. The van der Waals surface area contributed by atoms with Gasteiger partial charge in [-0.1, -0.05) is 31.5 Å². The van der Waals surface area contributed by atoms with Crippen LogP contribution < -0.4 is 10.6 Å². The molecule has 1 fully saturated rings. The highest BCUT2D eigenvalue weighted by Crippen LogP contribution is 2.29. The van der Waals surface area contributed by atoms with E-state index in [0.717, 1.165) is 31.2 Å². The van der Waals surface area contributed by atoms with Crippen LogP contribution in [0.5, 0.6) is 0 Å². The van der Waals surface area contributed by atoms with Gasteiger partial charge in [0.15, 0.2) is 0 Å². The second-order valence-electron chi connectivity index (χ2n) is 7.25. The van der Waals surface area contributed by atoms with Crippen LogP contribution in [0, 0.1) is 0 Å². The van der Waals surface area contributed by atoms with Crippen molar-refractivity contribution < 1.29 is 18.0 Å². The number of thiophene rings is 1. The van der Waals surface area contributed by atoms with E-state index in [1.165, 1.54) is 11.3 Å². The Labute approximate surface area is 181 Å². The lowest BCUT2D eigenvalue weighted by Gasteiger charge is -2.34. The molecule has 1 saturated heterocycles. The topological polar surface area (TPSA) is 95.6 Å². The van der Waals surface area contributed by atoms with Gasteiger partial charge in [0.2, 0.25) is 0 Å². The van der Waals surface area contributed by atoms with E-state index in [2.05, 4.69) is 10.6 Å². The van der Waals surface area contributed by atoms with Gasteiger partial charge in [0.05, 0.1) is 0 Å². The normalized spacial score (nSPS) is 17.4. The maximum Gasteiger partial charge on any atom is 0.313 e. The van der Waals surface area contributed by atoms with Gasteiger partial charge < -0.3 is 10.6 Å². The van der Waals surface area contributed by atoms with Crippen LogP contribution in [-0.2, 0) is 26.0 Å². The van der Waals surface area contributed by atoms with Crippen molar-refractivity contribution in [1.29, 1.82) is 0 Å². The van der Waals surface area contributed by atoms with Crippen LogP contribution in [0.3, 0.4) is 0 Å². The van der Waals surface area contributed by atoms with Gasteiger partial charge in [-0.2, -0.15) is 4.31 Å². The number of sulfonamides is 1. The Balaban J connectivity index is 1.52. The number of aryl methyl sites for hydroxylation is 1. The summed E-state index contributed by atoms with van der Waals surface area (Å²) < 4.78 is 27.7. The summed E-state index contributed by atoms with van der Waals surface area (Å²) in [5.74, 6) is -1.45. The molecule has 7 nitrogen and oxygen atoms in total. The van der Waals surface area contributed by atoms with Crippen LogP contribution >= 0.6 is 11.3 Å². The summed E-state index contributed by atoms with van der Waals surface area (Å²) >= 11 is 1.21. The fourth-order valence-corrected chi connectivity index (χ4v) is 6.39. The Morgan fingerprint density at radius 3 is 2.57 bits per heavy atom. The van der Waals surface area contributed by atoms with Crippen LogP contribution in [0.15, 0.2) is 46.0 Å². The predicted octanol–water partition coefficient (Wildman–Crippen LogP) is 3.00. The van der Waals surface area contributed by atoms with Crippen LogP contribution in [0.2, 0.25) is 0 Å². The Hall–Kier alpha value is -2.23. The molecule has 162 valence electrons. The first-order valence-corrected chi connectivity index (χ1v) is 12.5. The number of piperidine rings is 1. The third kappa shape index (κ3) is 5.47. The first kappa shape index (κ1) is 22.5. The number of carbonyl (C=O) groups excluding carboxylic acids is 2. The summed E-state index contributed by atoms with van der Waals surface area (Å²) in [5.41, 5.74) is 1.71. The van der Waals surface area contributed by atoms with Crippen LogP contribution in [0.25, 0.3) is 0 Å². The smallest absolute Gasteiger partial charge is 0.313 e. The van der Waals surface area contributed by atoms with Gasteiger partial charge >= 0.3 is 11.8 Å². The zero-order valence-electron chi connectivity index (χ0n) is 17.0. The number of benzene rings is 1. The Morgan fingerprint density at radius 2 is 1.90 bits per heavy atom. The summed E-state index contributed by atoms with van der Waals surface area (Å²) in [6, 6.07) is 10.5. The molecule has 0 unspecified atom stereocenters. The van der Waals surface area contributed by atoms with Gasteiger partial charge in [0.25, 0.3) is 10.0 Å². The maximum absolute atomic E-state index is 12.9. The van der Waals surface area contributed by atoms with E-state index in [1.807, 2.05) is 19.1 Å². The van der Waals surface area contributed by atoms with Crippen molar-refractivity contribution in [3.63, 3.8) is 0 Å². The second kappa shape index (κ2) is 10.2. The van der Waals surface area contributed by atoms with E-state index in [9.17, 15) is 18.0 Å².